The number of para-hydroxylation sites is 1. The van der Waals surface area contributed by atoms with Gasteiger partial charge in [-0.05, 0) is 34.7 Å². The van der Waals surface area contributed by atoms with E-state index >= 15 is 0 Å². The van der Waals surface area contributed by atoms with Crippen LogP contribution < -0.4 is 4.74 Å². The van der Waals surface area contributed by atoms with Crippen LogP contribution in [0.25, 0.3) is 0 Å². The second-order valence-electron chi connectivity index (χ2n) is 4.02. The maximum atomic E-state index is 5.75. The highest BCUT2D eigenvalue weighted by Crippen LogP contribution is 2.24. The average Bonchev–Trinajstić information content (AvgIpc) is 2.17. The molecule has 0 saturated carbocycles. The Balaban J connectivity index is 2.58. The summed E-state index contributed by atoms with van der Waals surface area (Å²) in [5, 5.41) is 0.948. The zero-order valence-electron chi connectivity index (χ0n) is 8.39. The summed E-state index contributed by atoms with van der Waals surface area (Å²) in [6.07, 6.45) is 0. The molecular formula is C11H14BrIO. The fourth-order valence-corrected chi connectivity index (χ4v) is 1.58. The number of ether oxygens (including phenoxy) is 1. The van der Waals surface area contributed by atoms with Gasteiger partial charge in [-0.1, -0.05) is 41.9 Å². The number of halogens is 2. The zero-order valence-corrected chi connectivity index (χ0v) is 12.1. The number of hydrogen-bond donors (Lipinski definition) is 0. The summed E-state index contributed by atoms with van der Waals surface area (Å²) < 4.78 is 6.92. The third kappa shape index (κ3) is 3.77. The second-order valence-corrected chi connectivity index (χ2v) is 5.74. The Hall–Kier alpha value is 0.230. The molecule has 0 spiro atoms. The molecule has 14 heavy (non-hydrogen) atoms. The van der Waals surface area contributed by atoms with Gasteiger partial charge in [0.25, 0.3) is 0 Å². The Labute approximate surface area is 107 Å². The van der Waals surface area contributed by atoms with Crippen LogP contribution in [0.15, 0.2) is 24.3 Å². The minimum atomic E-state index is 0.179. The van der Waals surface area contributed by atoms with E-state index in [1.54, 1.807) is 0 Å². The average molecular weight is 369 g/mol. The lowest BCUT2D eigenvalue weighted by Crippen LogP contribution is -2.23. The van der Waals surface area contributed by atoms with Gasteiger partial charge in [-0.25, -0.2) is 0 Å². The second kappa shape index (κ2) is 5.35. The maximum absolute atomic E-state index is 5.75. The largest absolute Gasteiger partial charge is 0.492 e. The van der Waals surface area contributed by atoms with Crippen molar-refractivity contribution in [3.8, 4) is 5.75 Å². The standard InChI is InChI=1S/C11H14BrIO/c1-11(2,7-12)8-14-10-6-4-3-5-9(10)13/h3-6H,7-8H2,1-2H3. The summed E-state index contributed by atoms with van der Waals surface area (Å²) in [4.78, 5) is 0. The van der Waals surface area contributed by atoms with Crippen LogP contribution in [0.3, 0.4) is 0 Å². The minimum absolute atomic E-state index is 0.179. The van der Waals surface area contributed by atoms with Gasteiger partial charge in [0.15, 0.2) is 0 Å². The molecule has 3 heteroatoms. The predicted molar refractivity (Wildman–Crippen MR) is 72.2 cm³/mol. The molecule has 0 fully saturated rings. The lowest BCUT2D eigenvalue weighted by atomic mass is 9.98. The molecule has 0 aliphatic carbocycles. The van der Waals surface area contributed by atoms with Crippen LogP contribution in [0.2, 0.25) is 0 Å². The topological polar surface area (TPSA) is 9.23 Å². The van der Waals surface area contributed by atoms with Crippen molar-refractivity contribution in [3.05, 3.63) is 27.8 Å². The Bertz CT molecular complexity index is 299. The SMILES string of the molecule is CC(C)(CBr)COc1ccccc1I. The highest BCUT2D eigenvalue weighted by molar-refractivity contribution is 14.1. The van der Waals surface area contributed by atoms with Crippen LogP contribution >= 0.6 is 38.5 Å². The molecule has 0 amide bonds. The Kier molecular flexibility index (Phi) is 4.70. The van der Waals surface area contributed by atoms with E-state index in [4.69, 9.17) is 4.74 Å². The summed E-state index contributed by atoms with van der Waals surface area (Å²) in [6.45, 7) is 5.09. The number of rotatable bonds is 4. The Morgan fingerprint density at radius 2 is 2.00 bits per heavy atom. The van der Waals surface area contributed by atoms with Gasteiger partial charge in [0.1, 0.15) is 5.75 Å². The lowest BCUT2D eigenvalue weighted by molar-refractivity contribution is 0.202. The fourth-order valence-electron chi connectivity index (χ4n) is 0.873. The van der Waals surface area contributed by atoms with Crippen molar-refractivity contribution >= 4 is 38.5 Å². The number of hydrogen-bond acceptors (Lipinski definition) is 1. The molecular weight excluding hydrogens is 355 g/mol. The van der Waals surface area contributed by atoms with Gasteiger partial charge in [-0.15, -0.1) is 0 Å². The first-order chi connectivity index (χ1) is 6.55. The quantitative estimate of drug-likeness (QED) is 0.574. The molecule has 0 N–H and O–H groups in total. The molecule has 0 radical (unpaired) electrons. The molecule has 1 aromatic rings. The Morgan fingerprint density at radius 3 is 2.57 bits per heavy atom. The van der Waals surface area contributed by atoms with E-state index in [9.17, 15) is 0 Å². The van der Waals surface area contributed by atoms with Crippen LogP contribution in [0, 0.1) is 8.99 Å². The van der Waals surface area contributed by atoms with Crippen molar-refractivity contribution in [1.29, 1.82) is 0 Å². The van der Waals surface area contributed by atoms with E-state index in [1.807, 2.05) is 18.2 Å². The van der Waals surface area contributed by atoms with Crippen LogP contribution in [0.4, 0.5) is 0 Å². The zero-order chi connectivity index (χ0) is 10.6. The molecule has 0 unspecified atom stereocenters. The molecule has 78 valence electrons. The van der Waals surface area contributed by atoms with Gasteiger partial charge in [0.2, 0.25) is 0 Å². The molecule has 0 aliphatic rings. The summed E-state index contributed by atoms with van der Waals surface area (Å²) in [5.74, 6) is 0.974. The predicted octanol–water partition coefficient (Wildman–Crippen LogP) is 4.09. The van der Waals surface area contributed by atoms with Crippen molar-refractivity contribution in [2.75, 3.05) is 11.9 Å². The summed E-state index contributed by atoms with van der Waals surface area (Å²) in [6, 6.07) is 8.08. The van der Waals surface area contributed by atoms with Crippen molar-refractivity contribution in [2.24, 2.45) is 5.41 Å². The normalized spacial score (nSPS) is 11.4. The fraction of sp³-hybridized carbons (Fsp3) is 0.455. The molecule has 0 atom stereocenters. The van der Waals surface area contributed by atoms with Crippen LogP contribution in [0.1, 0.15) is 13.8 Å². The molecule has 0 bridgehead atoms. The number of benzene rings is 1. The van der Waals surface area contributed by atoms with Gasteiger partial charge in [-0.3, -0.25) is 0 Å². The molecule has 0 aliphatic heterocycles. The maximum Gasteiger partial charge on any atom is 0.132 e. The van der Waals surface area contributed by atoms with Crippen molar-refractivity contribution in [1.82, 2.24) is 0 Å². The van der Waals surface area contributed by atoms with E-state index in [0.29, 0.717) is 0 Å². The van der Waals surface area contributed by atoms with Gasteiger partial charge in [0, 0.05) is 10.7 Å². The van der Waals surface area contributed by atoms with Crippen molar-refractivity contribution in [3.63, 3.8) is 0 Å². The smallest absolute Gasteiger partial charge is 0.132 e. The lowest BCUT2D eigenvalue weighted by Gasteiger charge is -2.22. The van der Waals surface area contributed by atoms with E-state index in [2.05, 4.69) is 58.4 Å². The highest BCUT2D eigenvalue weighted by atomic mass is 127. The summed E-state index contributed by atoms with van der Waals surface area (Å²) in [5.41, 5.74) is 0.179. The summed E-state index contributed by atoms with van der Waals surface area (Å²) >= 11 is 5.77. The summed E-state index contributed by atoms with van der Waals surface area (Å²) in [7, 11) is 0. The molecule has 0 saturated heterocycles. The van der Waals surface area contributed by atoms with Gasteiger partial charge in [-0.2, -0.15) is 0 Å². The first-order valence-corrected chi connectivity index (χ1v) is 6.68. The van der Waals surface area contributed by atoms with E-state index in [1.165, 1.54) is 0 Å². The van der Waals surface area contributed by atoms with Crippen LogP contribution in [-0.2, 0) is 0 Å². The van der Waals surface area contributed by atoms with Gasteiger partial charge >= 0.3 is 0 Å². The minimum Gasteiger partial charge on any atom is -0.492 e. The van der Waals surface area contributed by atoms with Crippen LogP contribution in [-0.4, -0.2) is 11.9 Å². The van der Waals surface area contributed by atoms with Crippen molar-refractivity contribution in [2.45, 2.75) is 13.8 Å². The van der Waals surface area contributed by atoms with E-state index in [0.717, 1.165) is 21.3 Å². The number of alkyl halides is 1. The molecule has 1 nitrogen and oxygen atoms in total. The molecule has 0 aromatic heterocycles. The first-order valence-electron chi connectivity index (χ1n) is 4.48. The first kappa shape index (κ1) is 12.3. The monoisotopic (exact) mass is 368 g/mol. The van der Waals surface area contributed by atoms with E-state index in [-0.39, 0.29) is 5.41 Å². The van der Waals surface area contributed by atoms with Crippen molar-refractivity contribution < 1.29 is 4.74 Å². The van der Waals surface area contributed by atoms with E-state index < -0.39 is 0 Å². The molecule has 1 aromatic carbocycles. The third-order valence-corrected chi connectivity index (χ3v) is 4.23. The Morgan fingerprint density at radius 1 is 1.36 bits per heavy atom. The van der Waals surface area contributed by atoms with Gasteiger partial charge < -0.3 is 4.74 Å². The highest BCUT2D eigenvalue weighted by Gasteiger charge is 2.17. The third-order valence-electron chi connectivity index (χ3n) is 1.82. The molecule has 1 rings (SSSR count). The van der Waals surface area contributed by atoms with Crippen LogP contribution in [0.5, 0.6) is 5.75 Å². The molecule has 0 heterocycles. The van der Waals surface area contributed by atoms with Gasteiger partial charge in [0.05, 0.1) is 10.2 Å².